The summed E-state index contributed by atoms with van der Waals surface area (Å²) in [4.78, 5) is 18.8. The van der Waals surface area contributed by atoms with Gasteiger partial charge in [-0.05, 0) is 38.1 Å². The van der Waals surface area contributed by atoms with E-state index in [1.807, 2.05) is 31.2 Å². The van der Waals surface area contributed by atoms with Crippen molar-refractivity contribution in [2.45, 2.75) is 19.9 Å². The molecule has 1 atom stereocenters. The summed E-state index contributed by atoms with van der Waals surface area (Å²) in [6, 6.07) is 13.0. The van der Waals surface area contributed by atoms with E-state index in [4.69, 9.17) is 74.6 Å². The molecule has 0 saturated carbocycles. The van der Waals surface area contributed by atoms with Gasteiger partial charge in [-0.15, -0.1) is 0 Å². The number of halogens is 6. The minimum Gasteiger partial charge on any atom is -0.493 e. The van der Waals surface area contributed by atoms with E-state index in [1.165, 1.54) is 34.0 Å². The Labute approximate surface area is 281 Å². The van der Waals surface area contributed by atoms with Crippen LogP contribution in [0.4, 0.5) is 5.69 Å². The average Bonchev–Trinajstić information content (AvgIpc) is 3.48. The topological polar surface area (TPSA) is 82.7 Å². The summed E-state index contributed by atoms with van der Waals surface area (Å²) >= 11 is 37.9. The van der Waals surface area contributed by atoms with Gasteiger partial charge in [0.15, 0.2) is 0 Å². The molecule has 14 heteroatoms. The zero-order valence-electron chi connectivity index (χ0n) is 21.4. The summed E-state index contributed by atoms with van der Waals surface area (Å²) in [6.45, 7) is 3.57. The van der Waals surface area contributed by atoms with E-state index in [0.717, 1.165) is 0 Å². The predicted molar refractivity (Wildman–Crippen MR) is 166 cm³/mol. The number of anilines is 1. The number of carbonyl (C=O) groups is 1. The fraction of sp³-hybridized carbons (Fsp3) is 0.107. The number of hydrazine groups is 1. The summed E-state index contributed by atoms with van der Waals surface area (Å²) in [7, 11) is 0. The average molecular weight is 732 g/mol. The third-order valence-corrected chi connectivity index (χ3v) is 8.37. The summed E-state index contributed by atoms with van der Waals surface area (Å²) in [5.74, 6) is -0.603. The number of aromatic nitrogens is 2. The van der Waals surface area contributed by atoms with Crippen LogP contribution < -0.4 is 10.4 Å². The summed E-state index contributed by atoms with van der Waals surface area (Å²) in [5.41, 5.74) is 7.22. The van der Waals surface area contributed by atoms with E-state index < -0.39 is 6.04 Å². The monoisotopic (exact) mass is 728 g/mol. The Balaban J connectivity index is 0.00000353. The van der Waals surface area contributed by atoms with Crippen molar-refractivity contribution in [3.63, 3.8) is 0 Å². The molecule has 7 nitrogen and oxygen atoms in total. The van der Waals surface area contributed by atoms with E-state index in [2.05, 4.69) is 10.5 Å². The summed E-state index contributed by atoms with van der Waals surface area (Å²) in [5, 5.41) is 18.8. The number of benzene rings is 3. The molecule has 3 aromatic carbocycles. The molecule has 1 radical (unpaired) electrons. The maximum atomic E-state index is 13.9. The molecule has 3 heterocycles. The number of aromatic hydroxyl groups is 1. The van der Waals surface area contributed by atoms with E-state index >= 15 is 0 Å². The molecule has 2 aliphatic rings. The second-order valence-corrected chi connectivity index (χ2v) is 11.9. The summed E-state index contributed by atoms with van der Waals surface area (Å²) < 4.78 is 1.25. The van der Waals surface area contributed by atoms with E-state index in [-0.39, 0.29) is 60.3 Å². The van der Waals surface area contributed by atoms with Crippen molar-refractivity contribution in [1.82, 2.24) is 15.2 Å². The SMILES string of the molecule is Cc1nn(-c2c(Cl)cc(Cl)cc2Cl)c(O)c1C1=N/C(=C2\C(=O)N(c3c(Cl)cc(Cl)cc3Cl)NC2C)c2ccccc21.[Cu]. The molecule has 219 valence electrons. The van der Waals surface area contributed by atoms with Crippen LogP contribution in [0.25, 0.3) is 11.4 Å². The van der Waals surface area contributed by atoms with Gasteiger partial charge in [-0.2, -0.15) is 9.78 Å². The van der Waals surface area contributed by atoms with E-state index in [0.29, 0.717) is 49.4 Å². The molecule has 1 amide bonds. The minimum absolute atomic E-state index is 0. The van der Waals surface area contributed by atoms with Gasteiger partial charge in [0.1, 0.15) is 5.69 Å². The van der Waals surface area contributed by atoms with Crippen LogP contribution in [0.3, 0.4) is 0 Å². The van der Waals surface area contributed by atoms with E-state index in [1.54, 1.807) is 6.92 Å². The normalized spacial score (nSPS) is 17.9. The second-order valence-electron chi connectivity index (χ2n) is 9.39. The van der Waals surface area contributed by atoms with Crippen LogP contribution in [0, 0.1) is 6.92 Å². The van der Waals surface area contributed by atoms with Crippen molar-refractivity contribution < 1.29 is 27.0 Å². The number of hydrogen-bond acceptors (Lipinski definition) is 5. The zero-order valence-corrected chi connectivity index (χ0v) is 26.9. The number of amides is 1. The molecule has 0 spiro atoms. The van der Waals surface area contributed by atoms with Crippen molar-refractivity contribution in [2.75, 3.05) is 5.01 Å². The second kappa shape index (κ2) is 11.7. The van der Waals surface area contributed by atoms with Crippen LogP contribution in [-0.4, -0.2) is 32.5 Å². The Hall–Kier alpha value is -2.23. The number of aliphatic imine (C=N–C) groups is 1. The number of hydrogen-bond donors (Lipinski definition) is 2. The third kappa shape index (κ3) is 5.03. The molecule has 1 unspecified atom stereocenters. The van der Waals surface area contributed by atoms with Crippen LogP contribution in [0.5, 0.6) is 5.88 Å². The van der Waals surface area contributed by atoms with Gasteiger partial charge in [-0.3, -0.25) is 4.79 Å². The zero-order chi connectivity index (χ0) is 29.3. The molecular formula is C28H17Cl6CuN5O2. The number of nitrogens with one attached hydrogen (secondary N) is 1. The van der Waals surface area contributed by atoms with Gasteiger partial charge in [0, 0.05) is 38.2 Å². The van der Waals surface area contributed by atoms with Crippen molar-refractivity contribution in [2.24, 2.45) is 4.99 Å². The van der Waals surface area contributed by atoms with E-state index in [9.17, 15) is 9.90 Å². The van der Waals surface area contributed by atoms with Crippen molar-refractivity contribution in [1.29, 1.82) is 0 Å². The van der Waals surface area contributed by atoms with Gasteiger partial charge < -0.3 is 5.11 Å². The fourth-order valence-corrected chi connectivity index (χ4v) is 7.02. The van der Waals surface area contributed by atoms with Gasteiger partial charge in [0.2, 0.25) is 5.88 Å². The number of nitrogens with zero attached hydrogens (tertiary/aromatic N) is 4. The smallest absolute Gasteiger partial charge is 0.272 e. The molecule has 6 rings (SSSR count). The van der Waals surface area contributed by atoms with Gasteiger partial charge in [-0.25, -0.2) is 15.4 Å². The quantitative estimate of drug-likeness (QED) is 0.164. The Kier molecular flexibility index (Phi) is 8.69. The van der Waals surface area contributed by atoms with Crippen LogP contribution in [0.2, 0.25) is 30.1 Å². The van der Waals surface area contributed by atoms with Crippen LogP contribution in [-0.2, 0) is 21.9 Å². The minimum atomic E-state index is -0.458. The number of aryl methyl sites for hydroxylation is 1. The first-order valence-corrected chi connectivity index (χ1v) is 14.4. The van der Waals surface area contributed by atoms with Gasteiger partial charge >= 0.3 is 0 Å². The Bertz CT molecular complexity index is 1830. The first kappa shape index (κ1) is 31.2. The molecule has 0 bridgehead atoms. The fourth-order valence-electron chi connectivity index (χ4n) is 5.05. The Morgan fingerprint density at radius 2 is 1.38 bits per heavy atom. The molecule has 42 heavy (non-hydrogen) atoms. The van der Waals surface area contributed by atoms with Crippen LogP contribution in [0.1, 0.15) is 29.3 Å². The number of fused-ring (bicyclic) bond motifs is 1. The first-order chi connectivity index (χ1) is 19.5. The largest absolute Gasteiger partial charge is 0.493 e. The molecular weight excluding hydrogens is 715 g/mol. The molecule has 2 aliphatic heterocycles. The number of rotatable bonds is 3. The van der Waals surface area contributed by atoms with Gasteiger partial charge in [0.25, 0.3) is 5.91 Å². The van der Waals surface area contributed by atoms with Gasteiger partial charge in [-0.1, -0.05) is 93.9 Å². The Morgan fingerprint density at radius 3 is 1.95 bits per heavy atom. The molecule has 4 aromatic rings. The Morgan fingerprint density at radius 1 is 0.857 bits per heavy atom. The third-order valence-electron chi connectivity index (χ3n) is 6.78. The molecule has 0 aliphatic carbocycles. The standard InChI is InChI=1S/C28H17Cl6N5O2.Cu/c1-11-21(27(40)38(36-11)25-17(31)7-13(29)8-18(25)32)23-15-5-3-4-6-16(15)24(35-23)22-12(2)37-39(28(22)41)26-19(33)9-14(30)10-20(26)34;/h3-11,36,41H,1-2H3;/b23-21-;. The summed E-state index contributed by atoms with van der Waals surface area (Å²) in [6.07, 6.45) is 0. The van der Waals surface area contributed by atoms with Crippen LogP contribution >= 0.6 is 69.6 Å². The van der Waals surface area contributed by atoms with Crippen molar-refractivity contribution in [3.8, 4) is 11.6 Å². The maximum Gasteiger partial charge on any atom is 0.272 e. The maximum absolute atomic E-state index is 13.9. The molecule has 1 fully saturated rings. The molecule has 1 aromatic heterocycles. The van der Waals surface area contributed by atoms with Gasteiger partial charge in [0.05, 0.1) is 60.1 Å². The first-order valence-electron chi connectivity index (χ1n) is 12.1. The predicted octanol–water partition coefficient (Wildman–Crippen LogP) is 8.31. The van der Waals surface area contributed by atoms with Crippen LogP contribution in [0.15, 0.2) is 59.1 Å². The number of carbonyl (C=O) groups excluding carboxylic acids is 1. The molecule has 1 saturated heterocycles. The van der Waals surface area contributed by atoms with Crippen molar-refractivity contribution in [3.05, 3.63) is 107 Å². The van der Waals surface area contributed by atoms with Crippen molar-refractivity contribution >= 4 is 92.6 Å². The molecule has 2 N–H and O–H groups in total.